The number of imide groups is 1. The molecular weight excluding hydrogens is 588 g/mol. The number of thiazole rings is 1. The van der Waals surface area contributed by atoms with Crippen LogP contribution >= 0.6 is 34.7 Å². The molecule has 1 aromatic heterocycles. The summed E-state index contributed by atoms with van der Waals surface area (Å²) >= 11 is 9.03. The summed E-state index contributed by atoms with van der Waals surface area (Å²) in [6.07, 6.45) is 0.848. The van der Waals surface area contributed by atoms with Crippen LogP contribution in [0.2, 0.25) is 5.02 Å². The van der Waals surface area contributed by atoms with E-state index < -0.39 is 0 Å². The van der Waals surface area contributed by atoms with Gasteiger partial charge in [0.1, 0.15) is 12.4 Å². The zero-order valence-electron chi connectivity index (χ0n) is 22.7. The third-order valence-corrected chi connectivity index (χ3v) is 12.4. The van der Waals surface area contributed by atoms with Gasteiger partial charge in [-0.25, -0.2) is 0 Å². The molecule has 7 atom stereocenters. The summed E-state index contributed by atoms with van der Waals surface area (Å²) in [6.45, 7) is 2.38. The molecule has 42 heavy (non-hydrogen) atoms. The van der Waals surface area contributed by atoms with Crippen molar-refractivity contribution in [3.05, 3.63) is 109 Å². The highest BCUT2D eigenvalue weighted by Crippen LogP contribution is 2.69. The Bertz CT molecular complexity index is 1780. The number of aromatic amines is 1. The number of aryl methyl sites for hydroxylation is 1. The topological polar surface area (TPSA) is 79.5 Å². The number of rotatable bonds is 5. The number of thioether (sulfide) groups is 1. The molecule has 3 heterocycles. The van der Waals surface area contributed by atoms with Gasteiger partial charge in [0, 0.05) is 26.6 Å². The minimum atomic E-state index is -0.340. The van der Waals surface area contributed by atoms with Crippen LogP contribution < -0.4 is 14.5 Å². The minimum absolute atomic E-state index is 0.0454. The standard InChI is InChI=1S/C33H27ClN2O4S2/c1-16-6-12-19(13-7-16)36-31(37)26-21-14-22(27(26)32(36)38)28-25(21)24(29-30(41-28)35-33(39)42-29)20-4-2-3-5-23(20)40-15-17-8-10-18(34)11-9-17/h2-13,21-22,24-28H,14-15H2,1H3,(H,35,39)/t21?,22?,24-,25?,26?,27?,28?/m1/s1. The fourth-order valence-corrected chi connectivity index (χ4v) is 10.9. The van der Waals surface area contributed by atoms with Gasteiger partial charge in [-0.1, -0.05) is 71.0 Å². The van der Waals surface area contributed by atoms with Crippen LogP contribution in [0.1, 0.15) is 33.9 Å². The van der Waals surface area contributed by atoms with E-state index in [2.05, 4.69) is 11.1 Å². The van der Waals surface area contributed by atoms with E-state index in [9.17, 15) is 14.4 Å². The molecule has 3 aromatic carbocycles. The molecule has 2 bridgehead atoms. The normalized spacial score (nSPS) is 29.0. The van der Waals surface area contributed by atoms with Gasteiger partial charge in [0.05, 0.1) is 22.5 Å². The van der Waals surface area contributed by atoms with Gasteiger partial charge in [-0.05, 0) is 67.0 Å². The average Bonchev–Trinajstić information content (AvgIpc) is 3.72. The Hall–Kier alpha value is -3.33. The van der Waals surface area contributed by atoms with Crippen LogP contribution in [0.25, 0.3) is 0 Å². The molecule has 4 aromatic rings. The van der Waals surface area contributed by atoms with Gasteiger partial charge in [0.25, 0.3) is 0 Å². The number of nitrogens with zero attached hydrogens (tertiary/aromatic N) is 1. The van der Waals surface area contributed by atoms with Crippen molar-refractivity contribution in [1.29, 1.82) is 0 Å². The molecule has 9 heteroatoms. The molecule has 212 valence electrons. The zero-order chi connectivity index (χ0) is 28.7. The number of fused-ring (bicyclic) bond motifs is 9. The Balaban J connectivity index is 1.18. The SMILES string of the molecule is Cc1ccc(N2C(=O)C3C4CC(C3C2=O)C2C4Sc3[nH]c(=O)sc3[C@@H]2c2ccccc2OCc2ccc(Cl)cc2)cc1. The van der Waals surface area contributed by atoms with Crippen LogP contribution in [0.3, 0.4) is 0 Å². The number of amides is 2. The quantitative estimate of drug-likeness (QED) is 0.255. The summed E-state index contributed by atoms with van der Waals surface area (Å²) < 4.78 is 6.41. The van der Waals surface area contributed by atoms with Crippen molar-refractivity contribution < 1.29 is 14.3 Å². The zero-order valence-corrected chi connectivity index (χ0v) is 25.0. The highest BCUT2D eigenvalue weighted by Gasteiger charge is 2.69. The molecule has 1 N–H and O–H groups in total. The second-order valence-electron chi connectivity index (χ2n) is 11.8. The molecule has 2 aliphatic heterocycles. The molecule has 8 rings (SSSR count). The molecule has 6 unspecified atom stereocenters. The van der Waals surface area contributed by atoms with E-state index in [4.69, 9.17) is 16.3 Å². The molecular formula is C33H27ClN2O4S2. The number of nitrogens with one attached hydrogen (secondary N) is 1. The largest absolute Gasteiger partial charge is 0.489 e. The van der Waals surface area contributed by atoms with Crippen molar-refractivity contribution in [2.75, 3.05) is 4.90 Å². The Morgan fingerprint density at radius 3 is 2.40 bits per heavy atom. The highest BCUT2D eigenvalue weighted by molar-refractivity contribution is 8.00. The summed E-state index contributed by atoms with van der Waals surface area (Å²) in [5, 5.41) is 1.69. The van der Waals surface area contributed by atoms with Gasteiger partial charge in [0.15, 0.2) is 0 Å². The first-order valence-corrected chi connectivity index (χ1v) is 16.3. The molecule has 1 saturated heterocycles. The maximum atomic E-state index is 14.0. The first-order chi connectivity index (χ1) is 20.4. The number of benzene rings is 3. The Morgan fingerprint density at radius 2 is 1.64 bits per heavy atom. The van der Waals surface area contributed by atoms with Crippen molar-refractivity contribution in [2.24, 2.45) is 29.6 Å². The van der Waals surface area contributed by atoms with E-state index in [1.54, 1.807) is 11.8 Å². The molecule has 0 spiro atoms. The summed E-state index contributed by atoms with van der Waals surface area (Å²) in [7, 11) is 0. The molecule has 4 aliphatic rings. The van der Waals surface area contributed by atoms with E-state index in [-0.39, 0.29) is 57.4 Å². The lowest BCUT2D eigenvalue weighted by atomic mass is 9.68. The first kappa shape index (κ1) is 26.3. The molecule has 2 amide bonds. The Morgan fingerprint density at radius 1 is 0.929 bits per heavy atom. The van der Waals surface area contributed by atoms with Crippen molar-refractivity contribution in [2.45, 2.75) is 36.1 Å². The second kappa shape index (κ2) is 9.86. The predicted molar refractivity (Wildman–Crippen MR) is 164 cm³/mol. The number of hydrogen-bond donors (Lipinski definition) is 1. The van der Waals surface area contributed by atoms with E-state index in [1.807, 2.05) is 73.7 Å². The van der Waals surface area contributed by atoms with E-state index in [1.165, 1.54) is 16.2 Å². The van der Waals surface area contributed by atoms with E-state index in [0.717, 1.165) is 38.8 Å². The smallest absolute Gasteiger partial charge is 0.305 e. The van der Waals surface area contributed by atoms with E-state index in [0.29, 0.717) is 17.3 Å². The first-order valence-electron chi connectivity index (χ1n) is 14.2. The molecule has 0 radical (unpaired) electrons. The van der Waals surface area contributed by atoms with Crippen molar-refractivity contribution in [1.82, 2.24) is 4.98 Å². The van der Waals surface area contributed by atoms with Gasteiger partial charge in [0.2, 0.25) is 11.8 Å². The number of para-hydroxylation sites is 1. The van der Waals surface area contributed by atoms with Gasteiger partial charge >= 0.3 is 4.87 Å². The molecule has 2 saturated carbocycles. The third kappa shape index (κ3) is 3.95. The summed E-state index contributed by atoms with van der Waals surface area (Å²) in [5.74, 6) is 0.0711. The number of anilines is 1. The number of hydrogen-bond acceptors (Lipinski definition) is 6. The van der Waals surface area contributed by atoms with Crippen LogP contribution in [-0.2, 0) is 16.2 Å². The number of ether oxygens (including phenoxy) is 1. The molecule has 3 fully saturated rings. The van der Waals surface area contributed by atoms with Crippen LogP contribution in [0.5, 0.6) is 5.75 Å². The predicted octanol–water partition coefficient (Wildman–Crippen LogP) is 6.66. The second-order valence-corrected chi connectivity index (χ2v) is 14.4. The minimum Gasteiger partial charge on any atom is -0.489 e. The molecule has 2 aliphatic carbocycles. The lowest BCUT2D eigenvalue weighted by Crippen LogP contribution is -2.42. The van der Waals surface area contributed by atoms with Crippen LogP contribution in [0.4, 0.5) is 5.69 Å². The lowest BCUT2D eigenvalue weighted by molar-refractivity contribution is -0.123. The monoisotopic (exact) mass is 614 g/mol. The average molecular weight is 615 g/mol. The Kier molecular flexibility index (Phi) is 6.18. The maximum absolute atomic E-state index is 14.0. The number of aromatic nitrogens is 1. The molecule has 6 nitrogen and oxygen atoms in total. The maximum Gasteiger partial charge on any atom is 0.305 e. The van der Waals surface area contributed by atoms with Crippen LogP contribution in [-0.4, -0.2) is 22.0 Å². The number of carbonyl (C=O) groups excluding carboxylic acids is 2. The van der Waals surface area contributed by atoms with Gasteiger partial charge < -0.3 is 9.72 Å². The fourth-order valence-electron chi connectivity index (χ4n) is 7.92. The fraction of sp³-hybridized carbons (Fsp3) is 0.303. The highest BCUT2D eigenvalue weighted by atomic mass is 35.5. The Labute approximate surface area is 256 Å². The van der Waals surface area contributed by atoms with E-state index >= 15 is 0 Å². The number of carbonyl (C=O) groups is 2. The lowest BCUT2D eigenvalue weighted by Gasteiger charge is -2.43. The van der Waals surface area contributed by atoms with Gasteiger partial charge in [-0.3, -0.25) is 19.3 Å². The van der Waals surface area contributed by atoms with Crippen LogP contribution in [0.15, 0.2) is 82.6 Å². The van der Waals surface area contributed by atoms with Crippen LogP contribution in [0, 0.1) is 36.5 Å². The van der Waals surface area contributed by atoms with Crippen molar-refractivity contribution in [3.8, 4) is 5.75 Å². The summed E-state index contributed by atoms with van der Waals surface area (Å²) in [6, 6.07) is 23.3. The van der Waals surface area contributed by atoms with Gasteiger partial charge in [-0.15, -0.1) is 11.8 Å². The van der Waals surface area contributed by atoms with Crippen molar-refractivity contribution in [3.63, 3.8) is 0 Å². The summed E-state index contributed by atoms with van der Waals surface area (Å²) in [4.78, 5) is 46.0. The number of halogens is 1. The number of H-pyrrole nitrogens is 1. The third-order valence-electron chi connectivity index (χ3n) is 9.58. The summed E-state index contributed by atoms with van der Waals surface area (Å²) in [5.41, 5.74) is 3.77. The van der Waals surface area contributed by atoms with Crippen molar-refractivity contribution >= 4 is 52.2 Å². The van der Waals surface area contributed by atoms with Gasteiger partial charge in [-0.2, -0.15) is 0 Å².